The molecule has 106 valence electrons. The lowest BCUT2D eigenvalue weighted by molar-refractivity contribution is -0.146. The van der Waals surface area contributed by atoms with E-state index in [1.54, 1.807) is 11.3 Å². The molecule has 1 N–H and O–H groups in total. The predicted octanol–water partition coefficient (Wildman–Crippen LogP) is 2.24. The Kier molecular flexibility index (Phi) is 3.33. The van der Waals surface area contributed by atoms with Crippen LogP contribution in [-0.2, 0) is 21.7 Å². The lowest BCUT2D eigenvalue weighted by Crippen LogP contribution is -2.20. The normalized spacial score (nSPS) is 17.4. The molecule has 0 spiro atoms. The van der Waals surface area contributed by atoms with Crippen LogP contribution < -0.4 is 0 Å². The van der Waals surface area contributed by atoms with Gasteiger partial charge in [-0.3, -0.25) is 0 Å². The molecule has 0 bridgehead atoms. The predicted molar refractivity (Wildman–Crippen MR) is 69.8 cm³/mol. The summed E-state index contributed by atoms with van der Waals surface area (Å²) >= 11 is 1.54. The molecule has 1 fully saturated rings. The van der Waals surface area contributed by atoms with Crippen molar-refractivity contribution in [3.05, 3.63) is 39.7 Å². The van der Waals surface area contributed by atoms with Crippen molar-refractivity contribution < 1.29 is 23.8 Å². The van der Waals surface area contributed by atoms with E-state index in [0.29, 0.717) is 25.5 Å². The number of aromatic carboxylic acids is 1. The maximum absolute atomic E-state index is 10.7. The number of carboxylic acids is 1. The summed E-state index contributed by atoms with van der Waals surface area (Å²) in [5.74, 6) is -1.38. The van der Waals surface area contributed by atoms with Crippen LogP contribution in [-0.4, -0.2) is 29.3 Å². The first-order valence-corrected chi connectivity index (χ1v) is 6.93. The number of hydrogen-bond acceptors (Lipinski definition) is 6. The molecule has 2 aromatic heterocycles. The van der Waals surface area contributed by atoms with Crippen LogP contribution in [0.4, 0.5) is 0 Å². The van der Waals surface area contributed by atoms with Crippen LogP contribution in [0, 0.1) is 0 Å². The van der Waals surface area contributed by atoms with E-state index in [1.807, 2.05) is 19.1 Å². The Morgan fingerprint density at radius 2 is 2.20 bits per heavy atom. The quantitative estimate of drug-likeness (QED) is 0.931. The molecule has 3 rings (SSSR count). The molecule has 1 saturated heterocycles. The third-order valence-corrected chi connectivity index (χ3v) is 4.31. The summed E-state index contributed by atoms with van der Waals surface area (Å²) in [6.07, 6.45) is 1.60. The monoisotopic (exact) mass is 295 g/mol. The van der Waals surface area contributed by atoms with Crippen LogP contribution in [0.2, 0.25) is 0 Å². The van der Waals surface area contributed by atoms with Crippen molar-refractivity contribution in [2.24, 2.45) is 0 Å². The largest absolute Gasteiger partial charge is 0.476 e. The Balaban J connectivity index is 1.75. The van der Waals surface area contributed by atoms with Crippen molar-refractivity contribution in [2.75, 3.05) is 13.2 Å². The van der Waals surface area contributed by atoms with Crippen molar-refractivity contribution >= 4 is 17.3 Å². The van der Waals surface area contributed by atoms with E-state index in [0.717, 1.165) is 16.0 Å². The molecule has 0 unspecified atom stereocenters. The minimum atomic E-state index is -1.09. The van der Waals surface area contributed by atoms with Gasteiger partial charge in [-0.05, 0) is 19.1 Å². The highest BCUT2D eigenvalue weighted by molar-refractivity contribution is 7.12. The number of ether oxygens (including phenoxy) is 2. The van der Waals surface area contributed by atoms with E-state index in [4.69, 9.17) is 19.0 Å². The molecule has 0 saturated carbocycles. The highest BCUT2D eigenvalue weighted by Gasteiger charge is 2.34. The van der Waals surface area contributed by atoms with Crippen LogP contribution in [0.5, 0.6) is 0 Å². The first-order valence-electron chi connectivity index (χ1n) is 6.12. The second-order valence-electron chi connectivity index (χ2n) is 4.52. The first kappa shape index (κ1) is 13.3. The van der Waals surface area contributed by atoms with Crippen molar-refractivity contribution in [2.45, 2.75) is 19.1 Å². The first-order chi connectivity index (χ1) is 9.57. The van der Waals surface area contributed by atoms with Gasteiger partial charge in [-0.2, -0.15) is 0 Å². The number of hydrogen-bond donors (Lipinski definition) is 1. The summed E-state index contributed by atoms with van der Waals surface area (Å²) in [6.45, 7) is 3.07. The van der Waals surface area contributed by atoms with Crippen molar-refractivity contribution in [3.63, 3.8) is 0 Å². The Bertz CT molecular complexity index is 626. The number of carbonyl (C=O) groups is 1. The molecule has 0 atom stereocenters. The number of rotatable bonds is 4. The zero-order valence-electron chi connectivity index (χ0n) is 10.8. The van der Waals surface area contributed by atoms with Gasteiger partial charge in [0.15, 0.2) is 11.6 Å². The Hall–Kier alpha value is -1.70. The standard InChI is InChI=1S/C13H13NO5S/c1-13(18-4-5-19-13)10-3-2-8(20-10)6-11-14-9(7-17-11)12(15)16/h2-3,7H,4-6H2,1H3,(H,15,16). The Morgan fingerprint density at radius 3 is 2.85 bits per heavy atom. The molecule has 0 radical (unpaired) electrons. The van der Waals surface area contributed by atoms with Gasteiger partial charge in [-0.1, -0.05) is 0 Å². The van der Waals surface area contributed by atoms with Gasteiger partial charge in [-0.15, -0.1) is 11.3 Å². The molecule has 20 heavy (non-hydrogen) atoms. The maximum Gasteiger partial charge on any atom is 0.357 e. The maximum atomic E-state index is 10.7. The van der Waals surface area contributed by atoms with E-state index >= 15 is 0 Å². The van der Waals surface area contributed by atoms with Gasteiger partial charge in [0.2, 0.25) is 5.79 Å². The van der Waals surface area contributed by atoms with Crippen molar-refractivity contribution in [1.82, 2.24) is 4.98 Å². The summed E-state index contributed by atoms with van der Waals surface area (Å²) in [4.78, 5) is 16.6. The fraction of sp³-hybridized carbons (Fsp3) is 0.385. The highest BCUT2D eigenvalue weighted by atomic mass is 32.1. The highest BCUT2D eigenvalue weighted by Crippen LogP contribution is 2.36. The van der Waals surface area contributed by atoms with Crippen molar-refractivity contribution in [3.8, 4) is 0 Å². The molecule has 0 aromatic carbocycles. The molecule has 0 amide bonds. The van der Waals surface area contributed by atoms with Crippen molar-refractivity contribution in [1.29, 1.82) is 0 Å². The minimum absolute atomic E-state index is 0.0776. The molecule has 7 heteroatoms. The van der Waals surface area contributed by atoms with Gasteiger partial charge in [0.25, 0.3) is 0 Å². The number of aromatic nitrogens is 1. The fourth-order valence-corrected chi connectivity index (χ4v) is 3.07. The van der Waals surface area contributed by atoms with Gasteiger partial charge in [-0.25, -0.2) is 9.78 Å². The minimum Gasteiger partial charge on any atom is -0.476 e. The summed E-state index contributed by atoms with van der Waals surface area (Å²) in [6, 6.07) is 3.90. The third kappa shape index (κ3) is 2.47. The summed E-state index contributed by atoms with van der Waals surface area (Å²) in [7, 11) is 0. The summed E-state index contributed by atoms with van der Waals surface area (Å²) < 4.78 is 16.3. The molecular weight excluding hydrogens is 282 g/mol. The second-order valence-corrected chi connectivity index (χ2v) is 5.69. The fourth-order valence-electron chi connectivity index (χ4n) is 2.01. The van der Waals surface area contributed by atoms with Crippen LogP contribution in [0.25, 0.3) is 0 Å². The van der Waals surface area contributed by atoms with E-state index in [1.165, 1.54) is 0 Å². The van der Waals surface area contributed by atoms with E-state index < -0.39 is 11.8 Å². The average Bonchev–Trinajstić information content (AvgIpc) is 3.10. The smallest absolute Gasteiger partial charge is 0.357 e. The number of carboxylic acid groups (broad SMARTS) is 1. The Labute approximate surface area is 119 Å². The molecule has 2 aromatic rings. The van der Waals surface area contributed by atoms with Crippen LogP contribution in [0.15, 0.2) is 22.8 Å². The van der Waals surface area contributed by atoms with E-state index in [-0.39, 0.29) is 5.69 Å². The van der Waals surface area contributed by atoms with E-state index in [2.05, 4.69) is 4.98 Å². The van der Waals surface area contributed by atoms with Crippen LogP contribution in [0.1, 0.15) is 33.1 Å². The second kappa shape index (κ2) is 5.01. The average molecular weight is 295 g/mol. The van der Waals surface area contributed by atoms with Gasteiger partial charge in [0, 0.05) is 4.88 Å². The molecule has 1 aliphatic rings. The molecule has 3 heterocycles. The van der Waals surface area contributed by atoms with Gasteiger partial charge in [0.1, 0.15) is 6.26 Å². The zero-order valence-corrected chi connectivity index (χ0v) is 11.6. The van der Waals surface area contributed by atoms with E-state index in [9.17, 15) is 4.79 Å². The van der Waals surface area contributed by atoms with Gasteiger partial charge >= 0.3 is 5.97 Å². The van der Waals surface area contributed by atoms with Crippen LogP contribution >= 0.6 is 11.3 Å². The van der Waals surface area contributed by atoms with Gasteiger partial charge in [0.05, 0.1) is 24.5 Å². The number of nitrogens with zero attached hydrogens (tertiary/aromatic N) is 1. The summed E-state index contributed by atoms with van der Waals surface area (Å²) in [5.41, 5.74) is -0.0776. The molecule has 1 aliphatic heterocycles. The zero-order chi connectivity index (χ0) is 14.2. The topological polar surface area (TPSA) is 81.8 Å². The van der Waals surface area contributed by atoms with Gasteiger partial charge < -0.3 is 19.0 Å². The number of oxazole rings is 1. The lowest BCUT2D eigenvalue weighted by Gasteiger charge is -2.20. The Morgan fingerprint density at radius 1 is 1.45 bits per heavy atom. The third-order valence-electron chi connectivity index (χ3n) is 3.04. The lowest BCUT2D eigenvalue weighted by atomic mass is 10.2. The summed E-state index contributed by atoms with van der Waals surface area (Å²) in [5, 5.41) is 8.79. The SMILES string of the molecule is CC1(c2ccc(Cc3nc(C(=O)O)co3)s2)OCCO1. The molecule has 0 aliphatic carbocycles. The van der Waals surface area contributed by atoms with Crippen LogP contribution in [0.3, 0.4) is 0 Å². The molecular formula is C13H13NO5S. The number of thiophene rings is 1. The molecule has 6 nitrogen and oxygen atoms in total.